The zero-order valence-corrected chi connectivity index (χ0v) is 8.41. The second kappa shape index (κ2) is 3.59. The highest BCUT2D eigenvalue weighted by Crippen LogP contribution is 2.41. The van der Waals surface area contributed by atoms with Gasteiger partial charge in [-0.25, -0.2) is 0 Å². The van der Waals surface area contributed by atoms with Crippen LogP contribution in [0.15, 0.2) is 0 Å². The molecular weight excluding hydrogens is 168 g/mol. The number of aliphatic hydroxyl groups is 1. The van der Waals surface area contributed by atoms with Crippen molar-refractivity contribution >= 4 is 11.8 Å². The Balaban J connectivity index is 1.97. The molecule has 1 saturated heterocycles. The summed E-state index contributed by atoms with van der Waals surface area (Å²) in [6.07, 6.45) is 7.22. The van der Waals surface area contributed by atoms with Crippen LogP contribution in [0.3, 0.4) is 0 Å². The van der Waals surface area contributed by atoms with Gasteiger partial charge in [0.15, 0.2) is 0 Å². The van der Waals surface area contributed by atoms with E-state index in [-0.39, 0.29) is 5.60 Å². The lowest BCUT2D eigenvalue weighted by Gasteiger charge is -2.37. The highest BCUT2D eigenvalue weighted by Gasteiger charge is 2.38. The second-order valence-corrected chi connectivity index (χ2v) is 5.37. The Morgan fingerprint density at radius 2 is 1.92 bits per heavy atom. The normalized spacial score (nSPS) is 35.2. The van der Waals surface area contributed by atoms with Crippen LogP contribution in [0.4, 0.5) is 0 Å². The summed E-state index contributed by atoms with van der Waals surface area (Å²) in [6, 6.07) is 0. The van der Waals surface area contributed by atoms with Crippen molar-refractivity contribution in [3.8, 4) is 0 Å². The standard InChI is InChI=1S/C10H18OS/c11-10(5-2-1-3-6-10)9-4-7-12-8-9/h9,11H,1-8H2. The molecule has 0 spiro atoms. The van der Waals surface area contributed by atoms with Crippen molar-refractivity contribution in [2.75, 3.05) is 11.5 Å². The third-order valence-electron chi connectivity index (χ3n) is 3.41. The molecule has 2 aliphatic rings. The molecule has 1 heterocycles. The van der Waals surface area contributed by atoms with Crippen LogP contribution in [0.1, 0.15) is 38.5 Å². The predicted octanol–water partition coefficient (Wildman–Crippen LogP) is 2.43. The Morgan fingerprint density at radius 3 is 2.50 bits per heavy atom. The molecule has 0 radical (unpaired) electrons. The first kappa shape index (κ1) is 8.89. The van der Waals surface area contributed by atoms with Crippen molar-refractivity contribution in [1.29, 1.82) is 0 Å². The maximum Gasteiger partial charge on any atom is 0.0684 e. The summed E-state index contributed by atoms with van der Waals surface area (Å²) in [6.45, 7) is 0. The van der Waals surface area contributed by atoms with E-state index in [1.54, 1.807) is 0 Å². The third-order valence-corrected chi connectivity index (χ3v) is 4.57. The molecule has 1 N–H and O–H groups in total. The zero-order chi connectivity index (χ0) is 8.44. The summed E-state index contributed by atoms with van der Waals surface area (Å²) in [5.74, 6) is 3.09. The average molecular weight is 186 g/mol. The van der Waals surface area contributed by atoms with Gasteiger partial charge in [0, 0.05) is 0 Å². The molecule has 0 aromatic carbocycles. The minimum atomic E-state index is -0.262. The quantitative estimate of drug-likeness (QED) is 0.678. The van der Waals surface area contributed by atoms with E-state index in [9.17, 15) is 5.11 Å². The summed E-state index contributed by atoms with van der Waals surface area (Å²) in [5.41, 5.74) is -0.262. The fourth-order valence-corrected chi connectivity index (χ4v) is 3.91. The van der Waals surface area contributed by atoms with Gasteiger partial charge in [-0.3, -0.25) is 0 Å². The SMILES string of the molecule is OC1(C2CCSC2)CCCCC1. The van der Waals surface area contributed by atoms with Crippen LogP contribution in [0.25, 0.3) is 0 Å². The van der Waals surface area contributed by atoms with Crippen LogP contribution in [0.2, 0.25) is 0 Å². The topological polar surface area (TPSA) is 20.2 Å². The van der Waals surface area contributed by atoms with Gasteiger partial charge in [-0.1, -0.05) is 19.3 Å². The molecule has 2 fully saturated rings. The molecule has 1 aliphatic heterocycles. The molecule has 2 heteroatoms. The Morgan fingerprint density at radius 1 is 1.17 bits per heavy atom. The van der Waals surface area contributed by atoms with Crippen molar-refractivity contribution in [2.45, 2.75) is 44.1 Å². The van der Waals surface area contributed by atoms with Gasteiger partial charge in [-0.05, 0) is 36.7 Å². The molecule has 0 aromatic heterocycles. The Hall–Kier alpha value is 0.310. The average Bonchev–Trinajstić information content (AvgIpc) is 2.58. The van der Waals surface area contributed by atoms with Crippen LogP contribution in [-0.4, -0.2) is 22.2 Å². The lowest BCUT2D eigenvalue weighted by Crippen LogP contribution is -2.39. The molecule has 1 nitrogen and oxygen atoms in total. The summed E-state index contributed by atoms with van der Waals surface area (Å²) in [4.78, 5) is 0. The maximum atomic E-state index is 10.4. The van der Waals surface area contributed by atoms with E-state index in [0.29, 0.717) is 5.92 Å². The largest absolute Gasteiger partial charge is 0.390 e. The molecule has 1 atom stereocenters. The molecule has 70 valence electrons. The van der Waals surface area contributed by atoms with E-state index < -0.39 is 0 Å². The van der Waals surface area contributed by atoms with Crippen molar-refractivity contribution in [3.05, 3.63) is 0 Å². The molecule has 12 heavy (non-hydrogen) atoms. The minimum Gasteiger partial charge on any atom is -0.390 e. The Bertz CT molecular complexity index is 146. The van der Waals surface area contributed by atoms with Gasteiger partial charge in [0.2, 0.25) is 0 Å². The predicted molar refractivity (Wildman–Crippen MR) is 53.5 cm³/mol. The van der Waals surface area contributed by atoms with Gasteiger partial charge in [0.05, 0.1) is 5.60 Å². The van der Waals surface area contributed by atoms with Gasteiger partial charge >= 0.3 is 0 Å². The first-order chi connectivity index (χ1) is 5.81. The van der Waals surface area contributed by atoms with E-state index >= 15 is 0 Å². The molecule has 0 aromatic rings. The Labute approximate surface area is 78.9 Å². The number of rotatable bonds is 1. The summed E-state index contributed by atoms with van der Waals surface area (Å²) in [5, 5.41) is 10.4. The first-order valence-corrected chi connectivity index (χ1v) is 6.27. The van der Waals surface area contributed by atoms with Crippen LogP contribution >= 0.6 is 11.8 Å². The second-order valence-electron chi connectivity index (χ2n) is 4.22. The van der Waals surface area contributed by atoms with E-state index in [1.165, 1.54) is 37.2 Å². The smallest absolute Gasteiger partial charge is 0.0684 e. The van der Waals surface area contributed by atoms with Gasteiger partial charge in [0.25, 0.3) is 0 Å². The number of hydrogen-bond donors (Lipinski definition) is 1. The summed E-state index contributed by atoms with van der Waals surface area (Å²) in [7, 11) is 0. The van der Waals surface area contributed by atoms with E-state index in [2.05, 4.69) is 0 Å². The van der Waals surface area contributed by atoms with Gasteiger partial charge in [0.1, 0.15) is 0 Å². The maximum absolute atomic E-state index is 10.4. The van der Waals surface area contributed by atoms with Crippen molar-refractivity contribution in [2.24, 2.45) is 5.92 Å². The van der Waals surface area contributed by atoms with Gasteiger partial charge < -0.3 is 5.11 Å². The number of hydrogen-bond acceptors (Lipinski definition) is 2. The van der Waals surface area contributed by atoms with Crippen molar-refractivity contribution < 1.29 is 5.11 Å². The highest BCUT2D eigenvalue weighted by molar-refractivity contribution is 7.99. The van der Waals surface area contributed by atoms with Crippen LogP contribution in [-0.2, 0) is 0 Å². The van der Waals surface area contributed by atoms with Crippen molar-refractivity contribution in [3.63, 3.8) is 0 Å². The molecule has 0 bridgehead atoms. The van der Waals surface area contributed by atoms with Gasteiger partial charge in [-0.2, -0.15) is 11.8 Å². The fourth-order valence-electron chi connectivity index (χ4n) is 2.53. The molecule has 1 saturated carbocycles. The Kier molecular flexibility index (Phi) is 2.66. The molecule has 1 unspecified atom stereocenters. The van der Waals surface area contributed by atoms with E-state index in [1.807, 2.05) is 11.8 Å². The summed E-state index contributed by atoms with van der Waals surface area (Å²) < 4.78 is 0. The lowest BCUT2D eigenvalue weighted by atomic mass is 9.75. The molecule has 2 rings (SSSR count). The van der Waals surface area contributed by atoms with Crippen molar-refractivity contribution in [1.82, 2.24) is 0 Å². The van der Waals surface area contributed by atoms with Crippen LogP contribution in [0, 0.1) is 5.92 Å². The monoisotopic (exact) mass is 186 g/mol. The van der Waals surface area contributed by atoms with Crippen LogP contribution < -0.4 is 0 Å². The zero-order valence-electron chi connectivity index (χ0n) is 7.59. The fraction of sp³-hybridized carbons (Fsp3) is 1.00. The van der Waals surface area contributed by atoms with E-state index in [0.717, 1.165) is 12.8 Å². The highest BCUT2D eigenvalue weighted by atomic mass is 32.2. The summed E-state index contributed by atoms with van der Waals surface area (Å²) >= 11 is 2.01. The first-order valence-electron chi connectivity index (χ1n) is 5.11. The minimum absolute atomic E-state index is 0.262. The number of thioether (sulfide) groups is 1. The van der Waals surface area contributed by atoms with Crippen LogP contribution in [0.5, 0.6) is 0 Å². The molecular formula is C10H18OS. The molecule has 0 amide bonds. The van der Waals surface area contributed by atoms with Gasteiger partial charge in [-0.15, -0.1) is 0 Å². The molecule has 1 aliphatic carbocycles. The van der Waals surface area contributed by atoms with E-state index in [4.69, 9.17) is 0 Å². The lowest BCUT2D eigenvalue weighted by molar-refractivity contribution is -0.0402. The third kappa shape index (κ3) is 1.64.